The third kappa shape index (κ3) is 5.13. The van der Waals surface area contributed by atoms with E-state index in [0.29, 0.717) is 17.9 Å². The molecule has 2 aromatic rings. The molecule has 0 heterocycles. The van der Waals surface area contributed by atoms with Gasteiger partial charge in [0.1, 0.15) is 5.75 Å². The van der Waals surface area contributed by atoms with Crippen LogP contribution in [0.25, 0.3) is 0 Å². The van der Waals surface area contributed by atoms with Gasteiger partial charge in [0.2, 0.25) is 0 Å². The zero-order valence-corrected chi connectivity index (χ0v) is 14.7. The van der Waals surface area contributed by atoms with Crippen LogP contribution in [0.1, 0.15) is 17.3 Å². The Morgan fingerprint density at radius 2 is 2.08 bits per heavy atom. The average Bonchev–Trinajstić information content (AvgIpc) is 2.57. The maximum Gasteiger partial charge on any atom is 0.271 e. The van der Waals surface area contributed by atoms with Crippen molar-refractivity contribution in [1.29, 1.82) is 0 Å². The highest BCUT2D eigenvalue weighted by Crippen LogP contribution is 2.26. The van der Waals surface area contributed by atoms with E-state index in [0.717, 1.165) is 0 Å². The number of carbonyl (C=O) groups is 1. The SMILES string of the molecule is CCOc1cccc(C(=O)NC(=S)Nc2cc([N+](=O)[O-])ccc2Cl)c1. The minimum Gasteiger partial charge on any atom is -0.494 e. The molecular weight excluding hydrogens is 366 g/mol. The summed E-state index contributed by atoms with van der Waals surface area (Å²) in [6.45, 7) is 2.32. The van der Waals surface area contributed by atoms with E-state index >= 15 is 0 Å². The second-order valence-electron chi connectivity index (χ2n) is 4.79. The predicted molar refractivity (Wildman–Crippen MR) is 99.4 cm³/mol. The van der Waals surface area contributed by atoms with Crippen molar-refractivity contribution >= 4 is 46.2 Å². The van der Waals surface area contributed by atoms with E-state index in [1.165, 1.54) is 18.2 Å². The van der Waals surface area contributed by atoms with Crippen molar-refractivity contribution in [2.45, 2.75) is 6.92 Å². The standard InChI is InChI=1S/C16H14ClN3O4S/c1-2-24-12-5-3-4-10(8-12)15(21)19-16(25)18-14-9-11(20(22)23)6-7-13(14)17/h3-9H,2H2,1H3,(H2,18,19,21,25). The third-order valence-corrected chi connectivity index (χ3v) is 3.58. The van der Waals surface area contributed by atoms with Crippen LogP contribution in [0, 0.1) is 10.1 Å². The zero-order chi connectivity index (χ0) is 18.4. The first-order chi connectivity index (χ1) is 11.9. The van der Waals surface area contributed by atoms with E-state index in [-0.39, 0.29) is 21.5 Å². The maximum absolute atomic E-state index is 12.2. The monoisotopic (exact) mass is 379 g/mol. The second-order valence-corrected chi connectivity index (χ2v) is 5.61. The van der Waals surface area contributed by atoms with Crippen LogP contribution in [-0.4, -0.2) is 22.5 Å². The van der Waals surface area contributed by atoms with Gasteiger partial charge in [-0.15, -0.1) is 0 Å². The van der Waals surface area contributed by atoms with Crippen molar-refractivity contribution in [2.75, 3.05) is 11.9 Å². The van der Waals surface area contributed by atoms with Crippen molar-refractivity contribution in [3.8, 4) is 5.75 Å². The van der Waals surface area contributed by atoms with Gasteiger partial charge >= 0.3 is 0 Å². The predicted octanol–water partition coefficient (Wildman–Crippen LogP) is 3.77. The minimum absolute atomic E-state index is 0.0331. The van der Waals surface area contributed by atoms with Gasteiger partial charge in [-0.1, -0.05) is 17.7 Å². The molecule has 0 aromatic heterocycles. The Bertz CT molecular complexity index is 829. The number of thiocarbonyl (C=S) groups is 1. The fourth-order valence-corrected chi connectivity index (χ4v) is 2.31. The molecule has 0 bridgehead atoms. The quantitative estimate of drug-likeness (QED) is 0.466. The van der Waals surface area contributed by atoms with E-state index in [4.69, 9.17) is 28.6 Å². The lowest BCUT2D eigenvalue weighted by molar-refractivity contribution is -0.384. The van der Waals surface area contributed by atoms with E-state index in [9.17, 15) is 14.9 Å². The Hall–Kier alpha value is -2.71. The lowest BCUT2D eigenvalue weighted by atomic mass is 10.2. The molecule has 9 heteroatoms. The summed E-state index contributed by atoms with van der Waals surface area (Å²) in [6.07, 6.45) is 0. The Morgan fingerprint density at radius 3 is 2.76 bits per heavy atom. The second kappa shape index (κ2) is 8.41. The van der Waals surface area contributed by atoms with Crippen molar-refractivity contribution in [1.82, 2.24) is 5.32 Å². The number of non-ortho nitro benzene ring substituents is 1. The van der Waals surface area contributed by atoms with Gasteiger partial charge in [-0.3, -0.25) is 20.2 Å². The molecule has 0 aliphatic heterocycles. The van der Waals surface area contributed by atoms with Gasteiger partial charge in [0.25, 0.3) is 11.6 Å². The number of nitrogens with one attached hydrogen (secondary N) is 2. The third-order valence-electron chi connectivity index (χ3n) is 3.04. The fourth-order valence-electron chi connectivity index (χ4n) is 1.95. The largest absolute Gasteiger partial charge is 0.494 e. The van der Waals surface area contributed by atoms with Gasteiger partial charge in [-0.2, -0.15) is 0 Å². The molecule has 1 amide bonds. The van der Waals surface area contributed by atoms with Gasteiger partial charge in [0.05, 0.1) is 22.2 Å². The number of benzene rings is 2. The maximum atomic E-state index is 12.2. The zero-order valence-electron chi connectivity index (χ0n) is 13.1. The number of rotatable bonds is 5. The first kappa shape index (κ1) is 18.6. The first-order valence-corrected chi connectivity index (χ1v) is 7.98. The van der Waals surface area contributed by atoms with E-state index < -0.39 is 10.8 Å². The minimum atomic E-state index is -0.553. The number of nitrogens with zero attached hydrogens (tertiary/aromatic N) is 1. The number of ether oxygens (including phenoxy) is 1. The molecule has 0 fully saturated rings. The summed E-state index contributed by atoms with van der Waals surface area (Å²) < 4.78 is 5.34. The van der Waals surface area contributed by atoms with E-state index in [2.05, 4.69) is 10.6 Å². The summed E-state index contributed by atoms with van der Waals surface area (Å²) >= 11 is 11.0. The van der Waals surface area contributed by atoms with Crippen molar-refractivity contribution in [3.05, 3.63) is 63.2 Å². The van der Waals surface area contributed by atoms with Crippen molar-refractivity contribution in [3.63, 3.8) is 0 Å². The normalized spacial score (nSPS) is 10.0. The fraction of sp³-hybridized carbons (Fsp3) is 0.125. The topological polar surface area (TPSA) is 93.5 Å². The number of halogens is 1. The molecule has 0 spiro atoms. The molecule has 2 N–H and O–H groups in total. The molecule has 130 valence electrons. The summed E-state index contributed by atoms with van der Waals surface area (Å²) in [6, 6.07) is 10.5. The van der Waals surface area contributed by atoms with Crippen LogP contribution in [0.2, 0.25) is 5.02 Å². The van der Waals surface area contributed by atoms with Crippen LogP contribution < -0.4 is 15.4 Å². The average molecular weight is 380 g/mol. The smallest absolute Gasteiger partial charge is 0.271 e. The van der Waals surface area contributed by atoms with Crippen LogP contribution in [0.5, 0.6) is 5.75 Å². The number of carbonyl (C=O) groups excluding carboxylic acids is 1. The highest BCUT2D eigenvalue weighted by Gasteiger charge is 2.13. The number of hydrogen-bond donors (Lipinski definition) is 2. The molecule has 2 aromatic carbocycles. The molecule has 0 radical (unpaired) electrons. The highest BCUT2D eigenvalue weighted by atomic mass is 35.5. The first-order valence-electron chi connectivity index (χ1n) is 7.20. The molecular formula is C16H14ClN3O4S. The molecule has 0 unspecified atom stereocenters. The Morgan fingerprint density at radius 1 is 1.32 bits per heavy atom. The van der Waals surface area contributed by atoms with Gasteiger partial charge in [0, 0.05) is 17.7 Å². The summed E-state index contributed by atoms with van der Waals surface area (Å²) in [5, 5.41) is 16.2. The molecule has 0 saturated carbocycles. The summed E-state index contributed by atoms with van der Waals surface area (Å²) in [5.74, 6) is 0.122. The number of anilines is 1. The Balaban J connectivity index is 2.07. The summed E-state index contributed by atoms with van der Waals surface area (Å²) in [4.78, 5) is 22.5. The lowest BCUT2D eigenvalue weighted by Gasteiger charge is -2.11. The van der Waals surface area contributed by atoms with Crippen LogP contribution >= 0.6 is 23.8 Å². The molecule has 0 aliphatic rings. The van der Waals surface area contributed by atoms with Crippen LogP contribution in [0.15, 0.2) is 42.5 Å². The molecule has 0 saturated heterocycles. The van der Waals surface area contributed by atoms with E-state index in [1.807, 2.05) is 6.92 Å². The summed E-state index contributed by atoms with van der Waals surface area (Å²) in [5.41, 5.74) is 0.440. The van der Waals surface area contributed by atoms with Crippen molar-refractivity contribution < 1.29 is 14.5 Å². The number of nitro groups is 1. The molecule has 7 nitrogen and oxygen atoms in total. The molecule has 25 heavy (non-hydrogen) atoms. The summed E-state index contributed by atoms with van der Waals surface area (Å²) in [7, 11) is 0. The number of amides is 1. The van der Waals surface area contributed by atoms with Gasteiger partial charge in [-0.05, 0) is 43.4 Å². The Kier molecular flexibility index (Phi) is 6.26. The van der Waals surface area contributed by atoms with Gasteiger partial charge in [-0.25, -0.2) is 0 Å². The highest BCUT2D eigenvalue weighted by molar-refractivity contribution is 7.80. The van der Waals surface area contributed by atoms with Gasteiger partial charge in [0.15, 0.2) is 5.11 Å². The number of nitro benzene ring substituents is 1. The Labute approximate surface area is 154 Å². The van der Waals surface area contributed by atoms with Crippen LogP contribution in [-0.2, 0) is 0 Å². The number of hydrogen-bond acceptors (Lipinski definition) is 5. The van der Waals surface area contributed by atoms with Crippen LogP contribution in [0.4, 0.5) is 11.4 Å². The van der Waals surface area contributed by atoms with Crippen LogP contribution in [0.3, 0.4) is 0 Å². The van der Waals surface area contributed by atoms with Crippen molar-refractivity contribution in [2.24, 2.45) is 0 Å². The van der Waals surface area contributed by atoms with E-state index in [1.54, 1.807) is 24.3 Å². The molecule has 2 rings (SSSR count). The lowest BCUT2D eigenvalue weighted by Crippen LogP contribution is -2.34. The molecule has 0 aliphatic carbocycles. The molecule has 0 atom stereocenters. The van der Waals surface area contributed by atoms with Gasteiger partial charge < -0.3 is 10.1 Å².